The van der Waals surface area contributed by atoms with Gasteiger partial charge in [0.15, 0.2) is 6.61 Å². The maximum Gasteiger partial charge on any atom is 0.344 e. The first-order valence-corrected chi connectivity index (χ1v) is 8.97. The van der Waals surface area contributed by atoms with Crippen LogP contribution >= 0.6 is 0 Å². The highest BCUT2D eigenvalue weighted by Crippen LogP contribution is 2.46. The van der Waals surface area contributed by atoms with Crippen molar-refractivity contribution in [3.8, 4) is 0 Å². The van der Waals surface area contributed by atoms with Crippen molar-refractivity contribution in [3.05, 3.63) is 24.3 Å². The highest BCUT2D eigenvalue weighted by atomic mass is 16.6. The molecule has 2 aliphatic rings. The predicted octanol–water partition coefficient (Wildman–Crippen LogP) is 2.96. The SMILES string of the molecule is C=C(C)C(=O)OCC(=O)OC(CC(=O)OC(C)(C)C)C1CC2C=CC1C2. The van der Waals surface area contributed by atoms with Gasteiger partial charge in [-0.05, 0) is 52.4 Å². The van der Waals surface area contributed by atoms with Gasteiger partial charge in [0.05, 0.1) is 6.42 Å². The van der Waals surface area contributed by atoms with E-state index in [1.807, 2.05) is 0 Å². The zero-order chi connectivity index (χ0) is 19.5. The number of hydrogen-bond acceptors (Lipinski definition) is 6. The molecular formula is C20H28O6. The van der Waals surface area contributed by atoms with Gasteiger partial charge in [-0.2, -0.15) is 0 Å². The monoisotopic (exact) mass is 364 g/mol. The van der Waals surface area contributed by atoms with Crippen LogP contribution in [0.4, 0.5) is 0 Å². The van der Waals surface area contributed by atoms with Gasteiger partial charge < -0.3 is 14.2 Å². The van der Waals surface area contributed by atoms with Crippen molar-refractivity contribution in [1.29, 1.82) is 0 Å². The summed E-state index contributed by atoms with van der Waals surface area (Å²) in [6.45, 7) is 9.85. The molecule has 1 saturated carbocycles. The number of ether oxygens (including phenoxy) is 3. The third kappa shape index (κ3) is 5.71. The molecular weight excluding hydrogens is 336 g/mol. The number of rotatable bonds is 7. The quantitative estimate of drug-likeness (QED) is 0.299. The molecule has 4 atom stereocenters. The lowest BCUT2D eigenvalue weighted by atomic mass is 9.87. The average Bonchev–Trinajstić information content (AvgIpc) is 3.12. The van der Waals surface area contributed by atoms with Crippen molar-refractivity contribution in [3.63, 3.8) is 0 Å². The lowest BCUT2D eigenvalue weighted by molar-refractivity contribution is -0.169. The summed E-state index contributed by atoms with van der Waals surface area (Å²) in [7, 11) is 0. The molecule has 0 radical (unpaired) electrons. The molecule has 0 heterocycles. The van der Waals surface area contributed by atoms with E-state index in [4.69, 9.17) is 14.2 Å². The van der Waals surface area contributed by atoms with Crippen LogP contribution in [0, 0.1) is 17.8 Å². The Balaban J connectivity index is 1.98. The van der Waals surface area contributed by atoms with Gasteiger partial charge >= 0.3 is 17.9 Å². The molecule has 6 heteroatoms. The minimum Gasteiger partial charge on any atom is -0.460 e. The smallest absolute Gasteiger partial charge is 0.344 e. The Bertz CT molecular complexity index is 612. The molecule has 0 aromatic carbocycles. The highest BCUT2D eigenvalue weighted by Gasteiger charge is 2.42. The molecule has 2 bridgehead atoms. The summed E-state index contributed by atoms with van der Waals surface area (Å²) in [4.78, 5) is 35.8. The zero-order valence-electron chi connectivity index (χ0n) is 15.9. The van der Waals surface area contributed by atoms with E-state index in [-0.39, 0.29) is 17.9 Å². The molecule has 2 rings (SSSR count). The normalized spacial score (nSPS) is 24.8. The predicted molar refractivity (Wildman–Crippen MR) is 95.0 cm³/mol. The maximum atomic E-state index is 12.2. The number of esters is 3. The van der Waals surface area contributed by atoms with Crippen LogP contribution in [0.15, 0.2) is 24.3 Å². The molecule has 0 aliphatic heterocycles. The van der Waals surface area contributed by atoms with Crippen molar-refractivity contribution < 1.29 is 28.6 Å². The number of hydrogen-bond donors (Lipinski definition) is 0. The molecule has 0 N–H and O–H groups in total. The Labute approximate surface area is 154 Å². The van der Waals surface area contributed by atoms with Gasteiger partial charge in [0.2, 0.25) is 0 Å². The summed E-state index contributed by atoms with van der Waals surface area (Å²) in [5.41, 5.74) is -0.390. The van der Waals surface area contributed by atoms with Crippen molar-refractivity contribution in [2.24, 2.45) is 17.8 Å². The number of allylic oxidation sites excluding steroid dienone is 2. The Hall–Kier alpha value is -2.11. The third-order valence-corrected chi connectivity index (χ3v) is 4.55. The zero-order valence-corrected chi connectivity index (χ0v) is 15.9. The number of carbonyl (C=O) groups is 3. The molecule has 0 aromatic heterocycles. The molecule has 26 heavy (non-hydrogen) atoms. The van der Waals surface area contributed by atoms with E-state index in [1.54, 1.807) is 20.8 Å². The molecule has 0 saturated heterocycles. The highest BCUT2D eigenvalue weighted by molar-refractivity contribution is 5.88. The van der Waals surface area contributed by atoms with Gasteiger partial charge in [-0.15, -0.1) is 0 Å². The minimum atomic E-state index is -0.667. The fourth-order valence-corrected chi connectivity index (χ4v) is 3.53. The standard InChI is InChI=1S/C20H28O6/c1-12(2)19(23)24-11-18(22)25-16(10-17(21)26-20(3,4)5)15-9-13-6-7-14(15)8-13/h6-7,13-16H,1,8-11H2,2-5H3. The number of fused-ring (bicyclic) bond motifs is 2. The fraction of sp³-hybridized carbons (Fsp3) is 0.650. The van der Waals surface area contributed by atoms with E-state index in [0.717, 1.165) is 12.8 Å². The molecule has 0 aromatic rings. The third-order valence-electron chi connectivity index (χ3n) is 4.55. The molecule has 4 unspecified atom stereocenters. The molecule has 0 spiro atoms. The molecule has 1 fully saturated rings. The Morgan fingerprint density at radius 1 is 1.15 bits per heavy atom. The van der Waals surface area contributed by atoms with E-state index in [2.05, 4.69) is 18.7 Å². The van der Waals surface area contributed by atoms with E-state index in [0.29, 0.717) is 11.8 Å². The van der Waals surface area contributed by atoms with Crippen molar-refractivity contribution in [2.75, 3.05) is 6.61 Å². The molecule has 144 valence electrons. The van der Waals surface area contributed by atoms with E-state index < -0.39 is 36.2 Å². The topological polar surface area (TPSA) is 78.9 Å². The van der Waals surface area contributed by atoms with Gasteiger partial charge in [-0.25, -0.2) is 9.59 Å². The second-order valence-electron chi connectivity index (χ2n) is 8.12. The summed E-state index contributed by atoms with van der Waals surface area (Å²) < 4.78 is 15.7. The molecule has 2 aliphatic carbocycles. The Morgan fingerprint density at radius 3 is 2.35 bits per heavy atom. The summed E-state index contributed by atoms with van der Waals surface area (Å²) >= 11 is 0. The summed E-state index contributed by atoms with van der Waals surface area (Å²) in [5, 5.41) is 0. The lowest BCUT2D eigenvalue weighted by Crippen LogP contribution is -2.35. The van der Waals surface area contributed by atoms with Crippen molar-refractivity contribution >= 4 is 17.9 Å². The second kappa shape index (κ2) is 8.06. The Kier molecular flexibility index (Phi) is 6.26. The van der Waals surface area contributed by atoms with Gasteiger partial charge in [-0.3, -0.25) is 4.79 Å². The van der Waals surface area contributed by atoms with Gasteiger partial charge in [-0.1, -0.05) is 18.7 Å². The van der Waals surface area contributed by atoms with Crippen LogP contribution in [0.1, 0.15) is 47.0 Å². The maximum absolute atomic E-state index is 12.2. The van der Waals surface area contributed by atoms with Crippen LogP contribution in [0.3, 0.4) is 0 Å². The first kappa shape index (κ1) is 20.2. The largest absolute Gasteiger partial charge is 0.460 e. The van der Waals surface area contributed by atoms with Crippen molar-refractivity contribution in [2.45, 2.75) is 58.7 Å². The summed E-state index contributed by atoms with van der Waals surface area (Å²) in [6, 6.07) is 0. The van der Waals surface area contributed by atoms with Crippen LogP contribution in [0.2, 0.25) is 0 Å². The van der Waals surface area contributed by atoms with E-state index in [9.17, 15) is 14.4 Å². The van der Waals surface area contributed by atoms with Crippen LogP contribution in [0.5, 0.6) is 0 Å². The second-order valence-corrected chi connectivity index (χ2v) is 8.12. The van der Waals surface area contributed by atoms with Crippen molar-refractivity contribution in [1.82, 2.24) is 0 Å². The van der Waals surface area contributed by atoms with Gasteiger partial charge in [0, 0.05) is 11.5 Å². The molecule has 6 nitrogen and oxygen atoms in total. The summed E-state index contributed by atoms with van der Waals surface area (Å²) in [6.07, 6.45) is 5.64. The fourth-order valence-electron chi connectivity index (χ4n) is 3.53. The number of carbonyl (C=O) groups excluding carboxylic acids is 3. The van der Waals surface area contributed by atoms with Crippen LogP contribution in [-0.2, 0) is 28.6 Å². The average molecular weight is 364 g/mol. The van der Waals surface area contributed by atoms with Crippen LogP contribution in [-0.4, -0.2) is 36.2 Å². The van der Waals surface area contributed by atoms with E-state index >= 15 is 0 Å². The lowest BCUT2D eigenvalue weighted by Gasteiger charge is -2.29. The van der Waals surface area contributed by atoms with Gasteiger partial charge in [0.1, 0.15) is 11.7 Å². The van der Waals surface area contributed by atoms with Gasteiger partial charge in [0.25, 0.3) is 0 Å². The first-order chi connectivity index (χ1) is 12.0. The Morgan fingerprint density at radius 2 is 1.85 bits per heavy atom. The van der Waals surface area contributed by atoms with Crippen LogP contribution < -0.4 is 0 Å². The van der Waals surface area contributed by atoms with Crippen LogP contribution in [0.25, 0.3) is 0 Å². The van der Waals surface area contributed by atoms with E-state index in [1.165, 1.54) is 6.92 Å². The summed E-state index contributed by atoms with van der Waals surface area (Å²) in [5.74, 6) is -0.850. The molecule has 0 amide bonds. The first-order valence-electron chi connectivity index (χ1n) is 8.97. The minimum absolute atomic E-state index is 0.000824.